The molecule has 4 aliphatic carbocycles. The molecular weight excluding hydrogens is 464 g/mol. The Balaban J connectivity index is 1.54. The summed E-state index contributed by atoms with van der Waals surface area (Å²) in [7, 11) is 0. The molecule has 0 amide bonds. The molecule has 37 heavy (non-hydrogen) atoms. The van der Waals surface area contributed by atoms with Gasteiger partial charge in [0, 0.05) is 12.8 Å². The number of fused-ring (bicyclic) bond motifs is 5. The van der Waals surface area contributed by atoms with Crippen LogP contribution in [0.1, 0.15) is 120 Å². The first-order valence-electron chi connectivity index (χ1n) is 15.2. The van der Waals surface area contributed by atoms with Crippen molar-refractivity contribution in [2.75, 3.05) is 0 Å². The normalized spacial score (nSPS) is 53.2. The van der Waals surface area contributed by atoms with Gasteiger partial charge in [-0.3, -0.25) is 4.79 Å². The summed E-state index contributed by atoms with van der Waals surface area (Å²) in [5.74, 6) is 1.36. The second-order valence-corrected chi connectivity index (χ2v) is 16.0. The molecule has 0 aromatic rings. The molecule has 5 heteroatoms. The van der Waals surface area contributed by atoms with E-state index in [-0.39, 0.29) is 57.5 Å². The van der Waals surface area contributed by atoms with Crippen LogP contribution in [0.3, 0.4) is 0 Å². The molecule has 5 nitrogen and oxygen atoms in total. The lowest BCUT2D eigenvalue weighted by molar-refractivity contribution is -0.261. The molecule has 0 aromatic heterocycles. The van der Waals surface area contributed by atoms with Crippen LogP contribution >= 0.6 is 0 Å². The van der Waals surface area contributed by atoms with Crippen molar-refractivity contribution in [3.63, 3.8) is 0 Å². The first kappa shape index (κ1) is 27.9. The van der Waals surface area contributed by atoms with E-state index in [2.05, 4.69) is 41.5 Å². The minimum absolute atomic E-state index is 0.0294. The summed E-state index contributed by atoms with van der Waals surface area (Å²) in [5.41, 5.74) is -1.00. The third-order valence-electron chi connectivity index (χ3n) is 13.5. The average Bonchev–Trinajstić information content (AvgIpc) is 3.33. The first-order chi connectivity index (χ1) is 16.9. The van der Waals surface area contributed by atoms with Crippen molar-refractivity contribution in [2.45, 2.75) is 150 Å². The van der Waals surface area contributed by atoms with Crippen molar-refractivity contribution in [2.24, 2.45) is 45.3 Å². The van der Waals surface area contributed by atoms with Crippen molar-refractivity contribution in [3.05, 3.63) is 0 Å². The SMILES string of the molecule is CC(=O)O[C@@H]1CC2[C@@H](C3(C)CC[C@@H](C(C)(C)O)O3)CC[C@@]2(C)[C@]2(C)CCC3C(C)(C)[C@H](O)CC[C@]3(C)C12. The van der Waals surface area contributed by atoms with Gasteiger partial charge in [-0.1, -0.05) is 34.6 Å². The van der Waals surface area contributed by atoms with Crippen LogP contribution in [-0.2, 0) is 14.3 Å². The molecule has 5 fully saturated rings. The van der Waals surface area contributed by atoms with E-state index in [4.69, 9.17) is 9.47 Å². The summed E-state index contributed by atoms with van der Waals surface area (Å²) in [4.78, 5) is 12.5. The van der Waals surface area contributed by atoms with Gasteiger partial charge in [0.2, 0.25) is 0 Å². The second kappa shape index (κ2) is 8.43. The highest BCUT2D eigenvalue weighted by molar-refractivity contribution is 5.66. The maximum absolute atomic E-state index is 12.5. The molecule has 0 bridgehead atoms. The van der Waals surface area contributed by atoms with Gasteiger partial charge in [-0.15, -0.1) is 0 Å². The van der Waals surface area contributed by atoms with Gasteiger partial charge in [-0.05, 0) is 118 Å². The van der Waals surface area contributed by atoms with Crippen molar-refractivity contribution < 1.29 is 24.5 Å². The smallest absolute Gasteiger partial charge is 0.302 e. The highest BCUT2D eigenvalue weighted by Crippen LogP contribution is 2.76. The number of hydrogen-bond acceptors (Lipinski definition) is 5. The minimum atomic E-state index is -0.838. The van der Waals surface area contributed by atoms with Gasteiger partial charge >= 0.3 is 5.97 Å². The van der Waals surface area contributed by atoms with E-state index in [1.807, 2.05) is 13.8 Å². The highest BCUT2D eigenvalue weighted by Gasteiger charge is 2.72. The Morgan fingerprint density at radius 2 is 1.54 bits per heavy atom. The Kier molecular flexibility index (Phi) is 6.35. The average molecular weight is 519 g/mol. The van der Waals surface area contributed by atoms with Gasteiger partial charge in [-0.2, -0.15) is 0 Å². The number of hydrogen-bond donors (Lipinski definition) is 2. The van der Waals surface area contributed by atoms with Crippen LogP contribution < -0.4 is 0 Å². The predicted molar refractivity (Wildman–Crippen MR) is 145 cm³/mol. The Hall–Kier alpha value is -0.650. The minimum Gasteiger partial charge on any atom is -0.462 e. The third kappa shape index (κ3) is 3.83. The number of carbonyl (C=O) groups is 1. The molecule has 0 radical (unpaired) electrons. The summed E-state index contributed by atoms with van der Waals surface area (Å²) >= 11 is 0. The van der Waals surface area contributed by atoms with Gasteiger partial charge in [-0.25, -0.2) is 0 Å². The summed E-state index contributed by atoms with van der Waals surface area (Å²) in [6, 6.07) is 0. The standard InChI is InChI=1S/C32H54O5/c1-19(33)36-22-18-21-20(32(9)17-13-25(37-32)28(4,5)35)10-15-30(21,7)31(8)16-11-23-27(2,3)24(34)12-14-29(23,6)26(22)31/h20-26,34-35H,10-18H2,1-9H3/t20-,21?,22+,23?,24+,25-,26?,29-,30+,31+,32?/m0/s1. The van der Waals surface area contributed by atoms with Crippen molar-refractivity contribution in [1.29, 1.82) is 0 Å². The maximum Gasteiger partial charge on any atom is 0.302 e. The predicted octanol–water partition coefficient (Wildman–Crippen LogP) is 6.28. The van der Waals surface area contributed by atoms with Crippen LogP contribution in [0, 0.1) is 45.3 Å². The third-order valence-corrected chi connectivity index (χ3v) is 13.5. The zero-order chi connectivity index (χ0) is 27.4. The Bertz CT molecular complexity index is 923. The van der Waals surface area contributed by atoms with E-state index < -0.39 is 5.60 Å². The summed E-state index contributed by atoms with van der Waals surface area (Å²) < 4.78 is 13.1. The van der Waals surface area contributed by atoms with Crippen LogP contribution in [0.15, 0.2) is 0 Å². The number of aliphatic hydroxyl groups excluding tert-OH is 1. The van der Waals surface area contributed by atoms with Crippen LogP contribution in [0.4, 0.5) is 0 Å². The Labute approximate surface area is 225 Å². The molecular formula is C32H54O5. The molecule has 11 atom stereocenters. The summed E-state index contributed by atoms with van der Waals surface area (Å²) in [5, 5.41) is 21.7. The quantitative estimate of drug-likeness (QED) is 0.430. The number of esters is 1. The zero-order valence-electron chi connectivity index (χ0n) is 25.0. The number of ether oxygens (including phenoxy) is 2. The summed E-state index contributed by atoms with van der Waals surface area (Å²) in [6.07, 6.45) is 8.65. The van der Waals surface area contributed by atoms with E-state index in [0.29, 0.717) is 17.8 Å². The fourth-order valence-electron chi connectivity index (χ4n) is 11.4. The largest absolute Gasteiger partial charge is 0.462 e. The molecule has 4 unspecified atom stereocenters. The molecule has 212 valence electrons. The van der Waals surface area contributed by atoms with Crippen molar-refractivity contribution in [3.8, 4) is 0 Å². The molecule has 5 aliphatic rings. The fraction of sp³-hybridized carbons (Fsp3) is 0.969. The lowest BCUT2D eigenvalue weighted by Gasteiger charge is -2.71. The van der Waals surface area contributed by atoms with E-state index in [1.54, 1.807) is 6.92 Å². The Morgan fingerprint density at radius 3 is 2.14 bits per heavy atom. The zero-order valence-corrected chi connectivity index (χ0v) is 25.0. The first-order valence-corrected chi connectivity index (χ1v) is 15.2. The monoisotopic (exact) mass is 518 g/mol. The molecule has 4 saturated carbocycles. The van der Waals surface area contributed by atoms with E-state index in [1.165, 1.54) is 6.42 Å². The van der Waals surface area contributed by atoms with E-state index in [0.717, 1.165) is 51.4 Å². The van der Waals surface area contributed by atoms with Crippen molar-refractivity contribution >= 4 is 5.97 Å². The maximum atomic E-state index is 12.5. The van der Waals surface area contributed by atoms with Gasteiger partial charge < -0.3 is 19.7 Å². The number of rotatable bonds is 3. The van der Waals surface area contributed by atoms with Crippen LogP contribution in [0.25, 0.3) is 0 Å². The fourth-order valence-corrected chi connectivity index (χ4v) is 11.4. The summed E-state index contributed by atoms with van der Waals surface area (Å²) in [6.45, 7) is 19.7. The lowest BCUT2D eigenvalue weighted by atomic mass is 9.35. The van der Waals surface area contributed by atoms with Gasteiger partial charge in [0.25, 0.3) is 0 Å². The highest BCUT2D eigenvalue weighted by atomic mass is 16.5. The van der Waals surface area contributed by atoms with E-state index in [9.17, 15) is 15.0 Å². The number of carbonyl (C=O) groups excluding carboxylic acids is 1. The molecule has 1 aliphatic heterocycles. The lowest BCUT2D eigenvalue weighted by Crippen LogP contribution is -2.68. The van der Waals surface area contributed by atoms with Gasteiger partial charge in [0.15, 0.2) is 0 Å². The molecule has 2 N–H and O–H groups in total. The van der Waals surface area contributed by atoms with Gasteiger partial charge in [0.1, 0.15) is 6.10 Å². The topological polar surface area (TPSA) is 76.0 Å². The number of aliphatic hydroxyl groups is 2. The van der Waals surface area contributed by atoms with Crippen LogP contribution in [0.5, 0.6) is 0 Å². The molecule has 0 spiro atoms. The van der Waals surface area contributed by atoms with Crippen LogP contribution in [0.2, 0.25) is 0 Å². The van der Waals surface area contributed by atoms with Crippen molar-refractivity contribution in [1.82, 2.24) is 0 Å². The van der Waals surface area contributed by atoms with Crippen LogP contribution in [-0.4, -0.2) is 45.7 Å². The van der Waals surface area contributed by atoms with E-state index >= 15 is 0 Å². The molecule has 1 saturated heterocycles. The Morgan fingerprint density at radius 1 is 0.892 bits per heavy atom. The molecule has 1 heterocycles. The van der Waals surface area contributed by atoms with Gasteiger partial charge in [0.05, 0.1) is 23.4 Å². The molecule has 5 rings (SSSR count). The second-order valence-electron chi connectivity index (χ2n) is 16.0. The molecule has 0 aromatic carbocycles.